The van der Waals surface area contributed by atoms with Gasteiger partial charge in [-0.05, 0) is 22.9 Å². The minimum Gasteiger partial charge on any atom is -0.508 e. The average molecular weight is 339 g/mol. The summed E-state index contributed by atoms with van der Waals surface area (Å²) in [6.07, 6.45) is 0. The third kappa shape index (κ3) is 4.18. The van der Waals surface area contributed by atoms with Crippen LogP contribution in [0.4, 0.5) is 0 Å². The summed E-state index contributed by atoms with van der Waals surface area (Å²) in [7, 11) is -4.59. The Morgan fingerprint density at radius 3 is 2.43 bits per heavy atom. The van der Waals surface area contributed by atoms with E-state index in [9.17, 15) is 23.1 Å². The molecule has 2 rings (SSSR count). The van der Waals surface area contributed by atoms with Crippen LogP contribution in [0.25, 0.3) is 10.8 Å². The van der Waals surface area contributed by atoms with E-state index in [1.54, 1.807) is 24.3 Å². The van der Waals surface area contributed by atoms with Gasteiger partial charge in [0.15, 0.2) is 0 Å². The summed E-state index contributed by atoms with van der Waals surface area (Å²) in [5, 5.41) is 21.7. The first-order valence-corrected chi connectivity index (χ1v) is 7.99. The molecular formula is C14H13NO7S. The fraction of sp³-hybridized carbons (Fsp3) is 0.143. The second-order valence-electron chi connectivity index (χ2n) is 4.83. The third-order valence-corrected chi connectivity index (χ3v) is 3.83. The molecule has 0 fully saturated rings. The first-order chi connectivity index (χ1) is 10.7. The van der Waals surface area contributed by atoms with E-state index < -0.39 is 33.8 Å². The predicted molar refractivity (Wildman–Crippen MR) is 80.9 cm³/mol. The first kappa shape index (κ1) is 16.7. The van der Waals surface area contributed by atoms with Crippen molar-refractivity contribution in [2.75, 3.05) is 5.75 Å². The highest BCUT2D eigenvalue weighted by Crippen LogP contribution is 2.24. The van der Waals surface area contributed by atoms with Crippen molar-refractivity contribution in [3.8, 4) is 5.75 Å². The minimum atomic E-state index is -4.59. The molecule has 23 heavy (non-hydrogen) atoms. The Kier molecular flexibility index (Phi) is 4.52. The van der Waals surface area contributed by atoms with E-state index in [4.69, 9.17) is 9.66 Å². The van der Waals surface area contributed by atoms with Gasteiger partial charge < -0.3 is 15.5 Å². The third-order valence-electron chi connectivity index (χ3n) is 3.07. The Morgan fingerprint density at radius 1 is 1.17 bits per heavy atom. The Hall–Kier alpha value is -2.65. The Morgan fingerprint density at radius 2 is 1.83 bits per heavy atom. The molecule has 122 valence electrons. The number of carbonyl (C=O) groups excluding carboxylic acids is 1. The summed E-state index contributed by atoms with van der Waals surface area (Å²) in [6, 6.07) is 7.35. The number of hydrogen-bond donors (Lipinski definition) is 4. The molecule has 0 heterocycles. The molecule has 1 amide bonds. The van der Waals surface area contributed by atoms with E-state index in [1.165, 1.54) is 6.07 Å². The molecule has 4 N–H and O–H groups in total. The van der Waals surface area contributed by atoms with Gasteiger partial charge in [0.05, 0.1) is 5.56 Å². The topological polar surface area (TPSA) is 141 Å². The molecule has 2 aromatic carbocycles. The van der Waals surface area contributed by atoms with Crippen molar-refractivity contribution in [1.82, 2.24) is 5.32 Å². The number of fused-ring (bicyclic) bond motifs is 1. The van der Waals surface area contributed by atoms with Crippen molar-refractivity contribution in [2.24, 2.45) is 0 Å². The summed E-state index contributed by atoms with van der Waals surface area (Å²) in [6.45, 7) is 0. The van der Waals surface area contributed by atoms with Crippen LogP contribution in [0.15, 0.2) is 36.4 Å². The quantitative estimate of drug-likeness (QED) is 0.585. The molecule has 8 nitrogen and oxygen atoms in total. The number of phenolic OH excluding ortho intramolecular Hbond substituents is 1. The molecule has 0 aromatic heterocycles. The van der Waals surface area contributed by atoms with Crippen molar-refractivity contribution >= 4 is 32.8 Å². The van der Waals surface area contributed by atoms with Gasteiger partial charge in [-0.1, -0.05) is 24.3 Å². The van der Waals surface area contributed by atoms with E-state index >= 15 is 0 Å². The fourth-order valence-electron chi connectivity index (χ4n) is 2.10. The number of carboxylic acid groups (broad SMARTS) is 1. The number of amides is 1. The molecule has 2 aromatic rings. The van der Waals surface area contributed by atoms with Gasteiger partial charge in [-0.3, -0.25) is 9.35 Å². The van der Waals surface area contributed by atoms with E-state index in [1.807, 2.05) is 5.32 Å². The highest BCUT2D eigenvalue weighted by molar-refractivity contribution is 7.85. The number of carbonyl (C=O) groups is 2. The van der Waals surface area contributed by atoms with Gasteiger partial charge in [-0.15, -0.1) is 0 Å². The van der Waals surface area contributed by atoms with Gasteiger partial charge >= 0.3 is 5.97 Å². The minimum absolute atomic E-state index is 0.0119. The zero-order valence-electron chi connectivity index (χ0n) is 11.6. The zero-order valence-corrected chi connectivity index (χ0v) is 12.4. The number of aliphatic carboxylic acids is 1. The number of carboxylic acids is 1. The lowest BCUT2D eigenvalue weighted by Gasteiger charge is -2.14. The zero-order chi connectivity index (χ0) is 17.2. The summed E-state index contributed by atoms with van der Waals surface area (Å²) >= 11 is 0. The number of hydrogen-bond acceptors (Lipinski definition) is 5. The molecule has 0 aliphatic heterocycles. The molecule has 0 radical (unpaired) electrons. The standard InChI is InChI=1S/C14H13NO7S/c16-9-5-8-3-1-2-4-10(8)11(6-9)13(17)15-12(14(18)19)7-23(20,21)22/h1-6,12,16H,7H2,(H,15,17)(H,18,19)(H,20,21,22). The normalized spacial score (nSPS) is 12.7. The van der Waals surface area contributed by atoms with Gasteiger partial charge in [0.2, 0.25) is 0 Å². The van der Waals surface area contributed by atoms with Gasteiger partial charge in [-0.2, -0.15) is 8.42 Å². The van der Waals surface area contributed by atoms with Crippen molar-refractivity contribution in [2.45, 2.75) is 6.04 Å². The number of phenols is 1. The number of nitrogens with one attached hydrogen (secondary N) is 1. The molecule has 0 saturated carbocycles. The van der Waals surface area contributed by atoms with Gasteiger partial charge in [0.1, 0.15) is 17.5 Å². The van der Waals surface area contributed by atoms with Crippen molar-refractivity contribution in [3.63, 3.8) is 0 Å². The monoisotopic (exact) mass is 339 g/mol. The van der Waals surface area contributed by atoms with Crippen LogP contribution in [0.2, 0.25) is 0 Å². The van der Waals surface area contributed by atoms with Gasteiger partial charge in [-0.25, -0.2) is 4.79 Å². The Bertz CT molecular complexity index is 876. The number of rotatable bonds is 5. The van der Waals surface area contributed by atoms with Crippen molar-refractivity contribution < 1.29 is 32.8 Å². The molecular weight excluding hydrogens is 326 g/mol. The Labute approximate surface area is 131 Å². The lowest BCUT2D eigenvalue weighted by Crippen LogP contribution is -2.45. The summed E-state index contributed by atoms with van der Waals surface area (Å²) in [5.41, 5.74) is -0.0119. The van der Waals surface area contributed by atoms with Crippen LogP contribution in [0.3, 0.4) is 0 Å². The van der Waals surface area contributed by atoms with E-state index in [0.717, 1.165) is 6.07 Å². The maximum absolute atomic E-state index is 12.2. The first-order valence-electron chi connectivity index (χ1n) is 6.38. The fourth-order valence-corrected chi connectivity index (χ4v) is 2.75. The molecule has 9 heteroatoms. The van der Waals surface area contributed by atoms with Crippen LogP contribution in [-0.4, -0.2) is 46.9 Å². The van der Waals surface area contributed by atoms with Crippen LogP contribution in [0.1, 0.15) is 10.4 Å². The molecule has 0 spiro atoms. The molecule has 1 atom stereocenters. The van der Waals surface area contributed by atoms with Gasteiger partial charge in [0, 0.05) is 0 Å². The predicted octanol–water partition coefficient (Wildman–Crippen LogP) is 0.616. The van der Waals surface area contributed by atoms with E-state index in [0.29, 0.717) is 10.8 Å². The second kappa shape index (κ2) is 6.23. The van der Waals surface area contributed by atoms with Crippen LogP contribution in [0, 0.1) is 0 Å². The average Bonchev–Trinajstić information content (AvgIpc) is 2.44. The summed E-state index contributed by atoms with van der Waals surface area (Å²) < 4.78 is 30.4. The summed E-state index contributed by atoms with van der Waals surface area (Å²) in [4.78, 5) is 23.3. The van der Waals surface area contributed by atoms with Crippen LogP contribution in [0.5, 0.6) is 5.75 Å². The maximum Gasteiger partial charge on any atom is 0.327 e. The summed E-state index contributed by atoms with van der Waals surface area (Å²) in [5.74, 6) is -3.85. The van der Waals surface area contributed by atoms with Crippen LogP contribution >= 0.6 is 0 Å². The SMILES string of the molecule is O=C(NC(CS(=O)(=O)O)C(=O)O)c1cc(O)cc2ccccc12. The smallest absolute Gasteiger partial charge is 0.327 e. The largest absolute Gasteiger partial charge is 0.508 e. The second-order valence-corrected chi connectivity index (χ2v) is 6.32. The molecule has 1 unspecified atom stereocenters. The van der Waals surface area contributed by atoms with Crippen LogP contribution < -0.4 is 5.32 Å². The number of benzene rings is 2. The van der Waals surface area contributed by atoms with Crippen molar-refractivity contribution in [3.05, 3.63) is 42.0 Å². The highest BCUT2D eigenvalue weighted by atomic mass is 32.2. The lowest BCUT2D eigenvalue weighted by atomic mass is 10.0. The molecule has 0 saturated heterocycles. The maximum atomic E-state index is 12.2. The Balaban J connectivity index is 2.38. The lowest BCUT2D eigenvalue weighted by molar-refractivity contribution is -0.138. The van der Waals surface area contributed by atoms with E-state index in [2.05, 4.69) is 0 Å². The van der Waals surface area contributed by atoms with Crippen molar-refractivity contribution in [1.29, 1.82) is 0 Å². The molecule has 0 bridgehead atoms. The number of aromatic hydroxyl groups is 1. The van der Waals surface area contributed by atoms with Crippen LogP contribution in [-0.2, 0) is 14.9 Å². The molecule has 0 aliphatic rings. The molecule has 0 aliphatic carbocycles. The highest BCUT2D eigenvalue weighted by Gasteiger charge is 2.26. The van der Waals surface area contributed by atoms with E-state index in [-0.39, 0.29) is 11.3 Å². The van der Waals surface area contributed by atoms with Gasteiger partial charge in [0.25, 0.3) is 16.0 Å².